The molecule has 0 bridgehead atoms. The molecule has 0 aromatic rings. The Labute approximate surface area is 102 Å². The average Bonchev–Trinajstić information content (AvgIpc) is 2.94. The van der Waals surface area contributed by atoms with Crippen LogP contribution in [0.4, 0.5) is 4.39 Å². The lowest BCUT2D eigenvalue weighted by molar-refractivity contribution is 0.175. The highest BCUT2D eigenvalue weighted by atomic mass is 19.1. The van der Waals surface area contributed by atoms with Crippen molar-refractivity contribution in [2.75, 3.05) is 39.9 Å². The fraction of sp³-hybridized carbons (Fsp3) is 0.909. The molecule has 2 saturated heterocycles. The smallest absolute Gasteiger partial charge is 0.179 e. The van der Waals surface area contributed by atoms with Crippen LogP contribution in [0.1, 0.15) is 6.42 Å². The van der Waals surface area contributed by atoms with Gasteiger partial charge in [0.15, 0.2) is 6.19 Å². The number of nitriles is 1. The third-order valence-electron chi connectivity index (χ3n) is 3.92. The molecular formula is C11H20FN5. The fourth-order valence-electron chi connectivity index (χ4n) is 2.75. The van der Waals surface area contributed by atoms with Crippen LogP contribution in [-0.4, -0.2) is 72.9 Å². The molecule has 2 heterocycles. The lowest BCUT2D eigenvalue weighted by Gasteiger charge is -2.25. The number of nitrogens with two attached hydrogens (primary N) is 1. The first-order valence-electron chi connectivity index (χ1n) is 6.08. The van der Waals surface area contributed by atoms with Crippen LogP contribution in [0.5, 0.6) is 0 Å². The van der Waals surface area contributed by atoms with E-state index in [0.29, 0.717) is 19.3 Å². The molecule has 2 fully saturated rings. The lowest BCUT2D eigenvalue weighted by atomic mass is 10.2. The monoisotopic (exact) mass is 241 g/mol. The molecule has 3 atom stereocenters. The summed E-state index contributed by atoms with van der Waals surface area (Å²) in [5, 5.41) is 8.82. The second kappa shape index (κ2) is 5.17. The molecule has 17 heavy (non-hydrogen) atoms. The Morgan fingerprint density at radius 3 is 2.82 bits per heavy atom. The number of hydrogen-bond donors (Lipinski definition) is 1. The summed E-state index contributed by atoms with van der Waals surface area (Å²) in [6, 6.07) is 0.222. The molecule has 0 radical (unpaired) electrons. The fourth-order valence-corrected chi connectivity index (χ4v) is 2.75. The number of hydrogen-bond acceptors (Lipinski definition) is 5. The minimum absolute atomic E-state index is 0.101. The maximum absolute atomic E-state index is 13.9. The zero-order valence-corrected chi connectivity index (χ0v) is 10.2. The van der Waals surface area contributed by atoms with Gasteiger partial charge in [-0.05, 0) is 13.5 Å². The Morgan fingerprint density at radius 2 is 2.24 bits per heavy atom. The predicted molar refractivity (Wildman–Crippen MR) is 62.7 cm³/mol. The Bertz CT molecular complexity index is 305. The molecule has 0 aromatic carbocycles. The van der Waals surface area contributed by atoms with E-state index >= 15 is 0 Å². The van der Waals surface area contributed by atoms with Gasteiger partial charge in [0.2, 0.25) is 0 Å². The first-order chi connectivity index (χ1) is 8.15. The second-order valence-corrected chi connectivity index (χ2v) is 4.97. The molecule has 0 unspecified atom stereocenters. The maximum atomic E-state index is 13.9. The van der Waals surface area contributed by atoms with Crippen molar-refractivity contribution in [2.45, 2.75) is 24.7 Å². The van der Waals surface area contributed by atoms with Gasteiger partial charge in [0.25, 0.3) is 0 Å². The lowest BCUT2D eigenvalue weighted by Crippen LogP contribution is -2.43. The number of likely N-dealkylation sites (tertiary alicyclic amines) is 2. The van der Waals surface area contributed by atoms with Gasteiger partial charge in [-0.15, -0.1) is 0 Å². The molecule has 2 aliphatic rings. The summed E-state index contributed by atoms with van der Waals surface area (Å²) >= 11 is 0. The zero-order chi connectivity index (χ0) is 12.4. The standard InChI is InChI=1S/C11H20FN5/c1-15(7-13)11-6-17(5-10(11)12)9-2-3-16(4-9)8-14/h9-11H,2-7,13H2,1H3/t9-,10+,11+/m0/s1. The minimum Gasteiger partial charge on any atom is -0.318 e. The van der Waals surface area contributed by atoms with Gasteiger partial charge in [-0.3, -0.25) is 9.80 Å². The number of nitrogens with zero attached hydrogens (tertiary/aromatic N) is 4. The van der Waals surface area contributed by atoms with E-state index in [4.69, 9.17) is 11.0 Å². The van der Waals surface area contributed by atoms with Gasteiger partial charge in [0, 0.05) is 38.9 Å². The van der Waals surface area contributed by atoms with Crippen LogP contribution in [0.15, 0.2) is 0 Å². The number of halogens is 1. The summed E-state index contributed by atoms with van der Waals surface area (Å²) in [4.78, 5) is 5.78. The molecule has 0 aliphatic carbocycles. The number of rotatable bonds is 3. The topological polar surface area (TPSA) is 59.5 Å². The predicted octanol–water partition coefficient (Wildman–Crippen LogP) is -0.588. The molecule has 0 spiro atoms. The summed E-state index contributed by atoms with van der Waals surface area (Å²) in [6.07, 6.45) is 2.28. The van der Waals surface area contributed by atoms with E-state index in [2.05, 4.69) is 11.1 Å². The van der Waals surface area contributed by atoms with Gasteiger partial charge < -0.3 is 10.6 Å². The highest BCUT2D eigenvalue weighted by molar-refractivity contribution is 4.97. The third kappa shape index (κ3) is 2.51. The van der Waals surface area contributed by atoms with Crippen molar-refractivity contribution in [3.8, 4) is 6.19 Å². The molecule has 6 heteroatoms. The molecular weight excluding hydrogens is 221 g/mol. The molecule has 0 aromatic heterocycles. The van der Waals surface area contributed by atoms with Crippen molar-refractivity contribution in [3.63, 3.8) is 0 Å². The Kier molecular flexibility index (Phi) is 3.82. The maximum Gasteiger partial charge on any atom is 0.179 e. The van der Waals surface area contributed by atoms with E-state index in [1.807, 2.05) is 11.9 Å². The number of likely N-dealkylation sites (N-methyl/N-ethyl adjacent to an activating group) is 1. The summed E-state index contributed by atoms with van der Waals surface area (Å²) in [5.74, 6) is 0. The molecule has 2 aliphatic heterocycles. The Balaban J connectivity index is 1.91. The van der Waals surface area contributed by atoms with Crippen LogP contribution in [-0.2, 0) is 0 Å². The normalized spacial score (nSPS) is 34.5. The van der Waals surface area contributed by atoms with Gasteiger partial charge in [0.1, 0.15) is 6.17 Å². The van der Waals surface area contributed by atoms with Gasteiger partial charge in [-0.1, -0.05) is 0 Å². The van der Waals surface area contributed by atoms with E-state index in [-0.39, 0.29) is 6.04 Å². The van der Waals surface area contributed by atoms with Gasteiger partial charge in [0.05, 0.1) is 6.04 Å². The van der Waals surface area contributed by atoms with E-state index in [0.717, 1.165) is 26.1 Å². The Hall–Kier alpha value is -0.900. The van der Waals surface area contributed by atoms with Crippen molar-refractivity contribution in [2.24, 2.45) is 5.73 Å². The van der Waals surface area contributed by atoms with Crippen LogP contribution >= 0.6 is 0 Å². The molecule has 0 amide bonds. The van der Waals surface area contributed by atoms with Crippen LogP contribution in [0.2, 0.25) is 0 Å². The molecule has 96 valence electrons. The first kappa shape index (κ1) is 12.6. The van der Waals surface area contributed by atoms with E-state index in [1.165, 1.54) is 0 Å². The second-order valence-electron chi connectivity index (χ2n) is 4.97. The zero-order valence-electron chi connectivity index (χ0n) is 10.2. The van der Waals surface area contributed by atoms with Crippen LogP contribution in [0, 0.1) is 11.5 Å². The SMILES string of the molecule is CN(CN)[C@@H]1CN([C@H]2CCN(C#N)C2)C[C@H]1F. The van der Waals surface area contributed by atoms with E-state index < -0.39 is 6.17 Å². The van der Waals surface area contributed by atoms with Crippen molar-refractivity contribution in [1.82, 2.24) is 14.7 Å². The average molecular weight is 241 g/mol. The largest absolute Gasteiger partial charge is 0.318 e. The van der Waals surface area contributed by atoms with Crippen molar-refractivity contribution in [3.05, 3.63) is 0 Å². The van der Waals surface area contributed by atoms with Gasteiger partial charge >= 0.3 is 0 Å². The summed E-state index contributed by atoms with van der Waals surface area (Å²) in [5.41, 5.74) is 5.55. The molecule has 0 saturated carbocycles. The third-order valence-corrected chi connectivity index (χ3v) is 3.92. The summed E-state index contributed by atoms with van der Waals surface area (Å²) in [7, 11) is 1.86. The van der Waals surface area contributed by atoms with Crippen molar-refractivity contribution in [1.29, 1.82) is 5.26 Å². The Morgan fingerprint density at radius 1 is 1.47 bits per heavy atom. The van der Waals surface area contributed by atoms with E-state index in [1.54, 1.807) is 4.90 Å². The van der Waals surface area contributed by atoms with Crippen LogP contribution < -0.4 is 5.73 Å². The van der Waals surface area contributed by atoms with E-state index in [9.17, 15) is 4.39 Å². The van der Waals surface area contributed by atoms with Crippen molar-refractivity contribution < 1.29 is 4.39 Å². The number of alkyl halides is 1. The van der Waals surface area contributed by atoms with Gasteiger partial charge in [-0.2, -0.15) is 5.26 Å². The van der Waals surface area contributed by atoms with Crippen molar-refractivity contribution >= 4 is 0 Å². The summed E-state index contributed by atoms with van der Waals surface area (Å²) in [6.45, 7) is 3.11. The first-order valence-corrected chi connectivity index (χ1v) is 6.08. The summed E-state index contributed by atoms with van der Waals surface area (Å²) < 4.78 is 13.9. The van der Waals surface area contributed by atoms with Crippen LogP contribution in [0.3, 0.4) is 0 Å². The molecule has 2 rings (SSSR count). The highest BCUT2D eigenvalue weighted by Crippen LogP contribution is 2.24. The molecule has 2 N–H and O–H groups in total. The minimum atomic E-state index is -0.834. The molecule has 5 nitrogen and oxygen atoms in total. The highest BCUT2D eigenvalue weighted by Gasteiger charge is 2.39. The van der Waals surface area contributed by atoms with Crippen LogP contribution in [0.25, 0.3) is 0 Å². The van der Waals surface area contributed by atoms with Gasteiger partial charge in [-0.25, -0.2) is 4.39 Å². The quantitative estimate of drug-likeness (QED) is 0.529.